The predicted octanol–water partition coefficient (Wildman–Crippen LogP) is 3.85. The number of hydrogen-bond donors (Lipinski definition) is 0. The van der Waals surface area contributed by atoms with Crippen LogP contribution in [0.25, 0.3) is 0 Å². The molecule has 0 aliphatic heterocycles. The molecule has 0 radical (unpaired) electrons. The zero-order valence-electron chi connectivity index (χ0n) is 8.90. The third kappa shape index (κ3) is 2.83. The lowest BCUT2D eigenvalue weighted by Gasteiger charge is -2.02. The third-order valence-electron chi connectivity index (χ3n) is 2.12. The second-order valence-electron chi connectivity index (χ2n) is 3.55. The molecule has 0 fully saturated rings. The number of aromatic nitrogens is 1. The minimum atomic E-state index is 1.06. The normalized spacial score (nSPS) is 10.3. The van der Waals surface area contributed by atoms with Gasteiger partial charge in [0.1, 0.15) is 0 Å². The maximum Gasteiger partial charge on any atom is 0.0383 e. The van der Waals surface area contributed by atoms with E-state index in [0.717, 1.165) is 5.69 Å². The van der Waals surface area contributed by atoms with Crippen LogP contribution in [-0.4, -0.2) is 4.98 Å². The average Bonchev–Trinajstić information content (AvgIpc) is 2.22. The van der Waals surface area contributed by atoms with Gasteiger partial charge in [0.2, 0.25) is 0 Å². The number of rotatable bonds is 2. The fraction of sp³-hybridized carbons (Fsp3) is 0.154. The zero-order chi connectivity index (χ0) is 10.7. The van der Waals surface area contributed by atoms with E-state index < -0.39 is 0 Å². The number of aryl methyl sites for hydroxylation is 2. The van der Waals surface area contributed by atoms with Gasteiger partial charge in [0.25, 0.3) is 0 Å². The molecule has 1 aromatic carbocycles. The highest BCUT2D eigenvalue weighted by atomic mass is 32.2. The monoisotopic (exact) mass is 215 g/mol. The molecule has 76 valence electrons. The first-order valence-corrected chi connectivity index (χ1v) is 5.73. The Morgan fingerprint density at radius 1 is 0.933 bits per heavy atom. The molecule has 15 heavy (non-hydrogen) atoms. The van der Waals surface area contributed by atoms with Gasteiger partial charge >= 0.3 is 0 Å². The molecule has 0 bridgehead atoms. The highest BCUT2D eigenvalue weighted by Gasteiger charge is 1.97. The Bertz CT molecular complexity index is 448. The van der Waals surface area contributed by atoms with Crippen LogP contribution in [0.4, 0.5) is 0 Å². The van der Waals surface area contributed by atoms with Crippen molar-refractivity contribution in [2.24, 2.45) is 0 Å². The van der Waals surface area contributed by atoms with Crippen LogP contribution in [0.1, 0.15) is 11.3 Å². The molecule has 0 amide bonds. The summed E-state index contributed by atoms with van der Waals surface area (Å²) in [6, 6.07) is 12.7. The molecular weight excluding hydrogens is 202 g/mol. The van der Waals surface area contributed by atoms with Crippen molar-refractivity contribution in [3.63, 3.8) is 0 Å². The first-order valence-electron chi connectivity index (χ1n) is 4.91. The molecule has 0 aliphatic carbocycles. The lowest BCUT2D eigenvalue weighted by Crippen LogP contribution is -1.80. The van der Waals surface area contributed by atoms with Gasteiger partial charge in [-0.25, -0.2) is 0 Å². The maximum absolute atomic E-state index is 4.18. The van der Waals surface area contributed by atoms with Crippen molar-refractivity contribution in [2.75, 3.05) is 0 Å². The summed E-state index contributed by atoms with van der Waals surface area (Å²) >= 11 is 1.77. The molecule has 2 aromatic rings. The topological polar surface area (TPSA) is 12.9 Å². The van der Waals surface area contributed by atoms with E-state index in [1.165, 1.54) is 15.4 Å². The smallest absolute Gasteiger partial charge is 0.0383 e. The van der Waals surface area contributed by atoms with Crippen LogP contribution in [0.2, 0.25) is 0 Å². The van der Waals surface area contributed by atoms with Crippen molar-refractivity contribution in [3.8, 4) is 0 Å². The number of pyridine rings is 1. The second kappa shape index (κ2) is 4.49. The van der Waals surface area contributed by atoms with Crippen molar-refractivity contribution >= 4 is 11.8 Å². The fourth-order valence-corrected chi connectivity index (χ4v) is 2.23. The van der Waals surface area contributed by atoms with Gasteiger partial charge in [-0.1, -0.05) is 29.5 Å². The molecular formula is C13H13NS. The van der Waals surface area contributed by atoms with E-state index in [4.69, 9.17) is 0 Å². The highest BCUT2D eigenvalue weighted by molar-refractivity contribution is 7.99. The Morgan fingerprint density at radius 3 is 2.33 bits per heavy atom. The van der Waals surface area contributed by atoms with Gasteiger partial charge < -0.3 is 0 Å². The maximum atomic E-state index is 4.18. The summed E-state index contributed by atoms with van der Waals surface area (Å²) < 4.78 is 0. The Morgan fingerprint density at radius 2 is 1.67 bits per heavy atom. The summed E-state index contributed by atoms with van der Waals surface area (Å²) in [5.41, 5.74) is 2.36. The van der Waals surface area contributed by atoms with Crippen molar-refractivity contribution in [3.05, 3.63) is 53.9 Å². The highest BCUT2D eigenvalue weighted by Crippen LogP contribution is 2.27. The molecule has 1 heterocycles. The molecule has 0 unspecified atom stereocenters. The molecule has 0 aliphatic rings. The van der Waals surface area contributed by atoms with Crippen LogP contribution in [0.5, 0.6) is 0 Å². The van der Waals surface area contributed by atoms with Crippen LogP contribution in [0.3, 0.4) is 0 Å². The SMILES string of the molecule is Cc1ccc(Sc2ccnc(C)c2)cc1. The van der Waals surface area contributed by atoms with Gasteiger partial charge in [-0.15, -0.1) is 0 Å². The third-order valence-corrected chi connectivity index (χ3v) is 3.12. The van der Waals surface area contributed by atoms with Crippen LogP contribution in [-0.2, 0) is 0 Å². The zero-order valence-corrected chi connectivity index (χ0v) is 9.71. The standard InChI is InChI=1S/C13H13NS/c1-10-3-5-12(6-4-10)15-13-7-8-14-11(2)9-13/h3-9H,1-2H3. The van der Waals surface area contributed by atoms with Crippen LogP contribution in [0.15, 0.2) is 52.4 Å². The van der Waals surface area contributed by atoms with E-state index in [9.17, 15) is 0 Å². The lowest BCUT2D eigenvalue weighted by molar-refractivity contribution is 1.16. The van der Waals surface area contributed by atoms with E-state index in [2.05, 4.69) is 42.2 Å². The van der Waals surface area contributed by atoms with Gasteiger partial charge in [0.15, 0.2) is 0 Å². The minimum absolute atomic E-state index is 1.06. The summed E-state index contributed by atoms with van der Waals surface area (Å²) in [4.78, 5) is 6.69. The molecule has 0 saturated carbocycles. The quantitative estimate of drug-likeness (QED) is 0.754. The molecule has 2 heteroatoms. The van der Waals surface area contributed by atoms with Gasteiger partial charge in [0.05, 0.1) is 0 Å². The molecule has 0 spiro atoms. The Labute approximate surface area is 94.6 Å². The minimum Gasteiger partial charge on any atom is -0.262 e. The van der Waals surface area contributed by atoms with E-state index >= 15 is 0 Å². The van der Waals surface area contributed by atoms with Crippen molar-refractivity contribution in [1.82, 2.24) is 4.98 Å². The predicted molar refractivity (Wildman–Crippen MR) is 64.3 cm³/mol. The van der Waals surface area contributed by atoms with E-state index in [1.54, 1.807) is 11.8 Å². The van der Waals surface area contributed by atoms with Crippen molar-refractivity contribution in [1.29, 1.82) is 0 Å². The summed E-state index contributed by atoms with van der Waals surface area (Å²) in [5.74, 6) is 0. The Hall–Kier alpha value is -1.28. The van der Waals surface area contributed by atoms with Crippen molar-refractivity contribution in [2.45, 2.75) is 23.6 Å². The Kier molecular flexibility index (Phi) is 3.07. The largest absolute Gasteiger partial charge is 0.262 e. The van der Waals surface area contributed by atoms with Crippen LogP contribution < -0.4 is 0 Å². The summed E-state index contributed by atoms with van der Waals surface area (Å²) in [5, 5.41) is 0. The van der Waals surface area contributed by atoms with Gasteiger partial charge in [-0.2, -0.15) is 0 Å². The first kappa shape index (κ1) is 10.2. The van der Waals surface area contributed by atoms with Gasteiger partial charge in [0, 0.05) is 21.7 Å². The number of benzene rings is 1. The van der Waals surface area contributed by atoms with E-state index in [1.807, 2.05) is 19.2 Å². The van der Waals surface area contributed by atoms with E-state index in [-0.39, 0.29) is 0 Å². The summed E-state index contributed by atoms with van der Waals surface area (Å²) in [6.07, 6.45) is 1.85. The molecule has 0 atom stereocenters. The van der Waals surface area contributed by atoms with Crippen molar-refractivity contribution < 1.29 is 0 Å². The van der Waals surface area contributed by atoms with Crippen LogP contribution in [0, 0.1) is 13.8 Å². The number of nitrogens with zero attached hydrogens (tertiary/aromatic N) is 1. The summed E-state index contributed by atoms with van der Waals surface area (Å²) in [7, 11) is 0. The van der Waals surface area contributed by atoms with E-state index in [0.29, 0.717) is 0 Å². The molecule has 1 nitrogen and oxygen atoms in total. The second-order valence-corrected chi connectivity index (χ2v) is 4.69. The number of hydrogen-bond acceptors (Lipinski definition) is 2. The molecule has 2 rings (SSSR count). The molecule has 0 saturated heterocycles. The summed E-state index contributed by atoms with van der Waals surface area (Å²) in [6.45, 7) is 4.12. The lowest BCUT2D eigenvalue weighted by atomic mass is 10.2. The van der Waals surface area contributed by atoms with Crippen LogP contribution >= 0.6 is 11.8 Å². The molecule has 1 aromatic heterocycles. The molecule has 0 N–H and O–H groups in total. The first-order chi connectivity index (χ1) is 7.24. The Balaban J connectivity index is 2.18. The van der Waals surface area contributed by atoms with Gasteiger partial charge in [-0.05, 0) is 38.1 Å². The average molecular weight is 215 g/mol. The fourth-order valence-electron chi connectivity index (χ4n) is 1.33. The van der Waals surface area contributed by atoms with Gasteiger partial charge in [-0.3, -0.25) is 4.98 Å².